The van der Waals surface area contributed by atoms with Crippen molar-refractivity contribution in [2.75, 3.05) is 48.3 Å². The highest BCUT2D eigenvalue weighted by atomic mass is 79.9. The number of pyridine rings is 4. The number of rotatable bonds is 5. The molecule has 394 valence electrons. The van der Waals surface area contributed by atoms with E-state index in [0.717, 1.165) is 68.1 Å². The number of aryl methyl sites for hydroxylation is 3. The first-order valence-electron chi connectivity index (χ1n) is 25.7. The van der Waals surface area contributed by atoms with Crippen LogP contribution in [0, 0.1) is 20.8 Å². The maximum absolute atomic E-state index is 5.97. The van der Waals surface area contributed by atoms with Gasteiger partial charge in [0.15, 0.2) is 5.13 Å². The van der Waals surface area contributed by atoms with Crippen LogP contribution in [0.1, 0.15) is 132 Å². The lowest BCUT2D eigenvalue weighted by Gasteiger charge is -2.40. The summed E-state index contributed by atoms with van der Waals surface area (Å²) in [6.07, 6.45) is 8.53. The summed E-state index contributed by atoms with van der Waals surface area (Å²) in [5.41, 5.74) is 21.3. The van der Waals surface area contributed by atoms with E-state index in [1.54, 1.807) is 23.5 Å². The van der Waals surface area contributed by atoms with Crippen LogP contribution in [0.25, 0.3) is 21.5 Å². The number of halogens is 1. The monoisotopic (exact) mass is 1080 g/mol. The predicted octanol–water partition coefficient (Wildman–Crippen LogP) is 9.35. The maximum atomic E-state index is 5.97. The molecule has 0 radical (unpaired) electrons. The minimum Gasteiger partial charge on any atom is -0.405 e. The van der Waals surface area contributed by atoms with Crippen molar-refractivity contribution in [3.05, 3.63) is 70.2 Å². The molecule has 5 aromatic heterocycles. The number of piperidine rings is 2. The molecule has 5 saturated heterocycles. The van der Waals surface area contributed by atoms with Crippen molar-refractivity contribution in [3.8, 4) is 11.3 Å². The third-order valence-corrected chi connectivity index (χ3v) is 17.7. The van der Waals surface area contributed by atoms with E-state index >= 15 is 0 Å². The SMILES string of the molecule is CC1(C)OB(B2OC(C)(C)C(C)(C)O2)OC1(C)C.Cc1nc(N)ccc1-c1cc2sc(N3CCC(N4CCCCC4)CC3)nc2cn1.Cc1nc(N)ccc1B1OC(C)(C)C(C)(C)O1.Cc1nc(N)ccc1Br. The molecule has 5 aromatic rings. The molecular formula is C52H78B3BrN10O6S. The molecule has 5 aliphatic rings. The van der Waals surface area contributed by atoms with Crippen LogP contribution in [0.15, 0.2) is 53.1 Å². The Morgan fingerprint density at radius 3 is 1.52 bits per heavy atom. The first-order chi connectivity index (χ1) is 34.0. The van der Waals surface area contributed by atoms with E-state index in [-0.39, 0.29) is 40.7 Å². The average molecular weight is 1080 g/mol. The fraction of sp³-hybridized carbons (Fsp3) is 0.596. The Morgan fingerprint density at radius 1 is 0.575 bits per heavy atom. The van der Waals surface area contributed by atoms with Gasteiger partial charge in [0.25, 0.3) is 0 Å². The van der Waals surface area contributed by atoms with Gasteiger partial charge in [0.2, 0.25) is 0 Å². The van der Waals surface area contributed by atoms with Crippen molar-refractivity contribution in [2.24, 2.45) is 0 Å². The van der Waals surface area contributed by atoms with Gasteiger partial charge in [-0.15, -0.1) is 0 Å². The van der Waals surface area contributed by atoms with E-state index < -0.39 is 14.0 Å². The highest BCUT2D eigenvalue weighted by molar-refractivity contribution is 9.10. The number of fused-ring (bicyclic) bond motifs is 1. The third kappa shape index (κ3) is 13.0. The third-order valence-electron chi connectivity index (χ3n) is 15.8. The van der Waals surface area contributed by atoms with Gasteiger partial charge >= 0.3 is 21.1 Å². The Kier molecular flexibility index (Phi) is 17.1. The van der Waals surface area contributed by atoms with Crippen molar-refractivity contribution in [2.45, 2.75) is 176 Å². The molecule has 5 fully saturated rings. The van der Waals surface area contributed by atoms with E-state index in [4.69, 9.17) is 50.1 Å². The first-order valence-corrected chi connectivity index (χ1v) is 27.3. The fourth-order valence-electron chi connectivity index (χ4n) is 9.03. The predicted molar refractivity (Wildman–Crippen MR) is 303 cm³/mol. The van der Waals surface area contributed by atoms with Gasteiger partial charge in [-0.1, -0.05) is 23.8 Å². The van der Waals surface area contributed by atoms with Gasteiger partial charge in [-0.25, -0.2) is 19.9 Å². The second kappa shape index (κ2) is 22.0. The van der Waals surface area contributed by atoms with E-state index in [1.807, 2.05) is 134 Å². The number of anilines is 4. The quantitative estimate of drug-likeness (QED) is 0.140. The van der Waals surface area contributed by atoms with Gasteiger partial charge in [0.1, 0.15) is 23.0 Å². The Hall–Kier alpha value is -3.92. The van der Waals surface area contributed by atoms with Crippen molar-refractivity contribution in [1.29, 1.82) is 0 Å². The summed E-state index contributed by atoms with van der Waals surface area (Å²) >= 11 is 5.09. The summed E-state index contributed by atoms with van der Waals surface area (Å²) in [5.74, 6) is 1.62. The van der Waals surface area contributed by atoms with Gasteiger partial charge in [-0.3, -0.25) is 4.98 Å². The Bertz CT molecular complexity index is 2630. The van der Waals surface area contributed by atoms with Crippen molar-refractivity contribution < 1.29 is 27.9 Å². The molecule has 0 amide bonds. The molecule has 73 heavy (non-hydrogen) atoms. The van der Waals surface area contributed by atoms with E-state index in [1.165, 1.54) is 49.9 Å². The minimum atomic E-state index is -0.476. The van der Waals surface area contributed by atoms with E-state index in [9.17, 15) is 0 Å². The molecule has 16 nitrogen and oxygen atoms in total. The normalized spacial score (nSPS) is 21.8. The zero-order valence-electron chi connectivity index (χ0n) is 45.9. The topological polar surface area (TPSA) is 204 Å². The lowest BCUT2D eigenvalue weighted by atomic mass is 9.49. The maximum Gasteiger partial charge on any atom is 0.496 e. The van der Waals surface area contributed by atoms with Gasteiger partial charge < -0.3 is 54.9 Å². The summed E-state index contributed by atoms with van der Waals surface area (Å²) < 4.78 is 38.0. The van der Waals surface area contributed by atoms with Crippen molar-refractivity contribution in [1.82, 2.24) is 29.8 Å². The molecule has 0 aromatic carbocycles. The van der Waals surface area contributed by atoms with Gasteiger partial charge in [-0.2, -0.15) is 0 Å². The smallest absolute Gasteiger partial charge is 0.405 e. The van der Waals surface area contributed by atoms with Crippen LogP contribution in [-0.2, 0) is 27.9 Å². The van der Waals surface area contributed by atoms with Crippen LogP contribution in [0.2, 0.25) is 0 Å². The Morgan fingerprint density at radius 2 is 1.04 bits per heavy atom. The number of hydrogen-bond acceptors (Lipinski definition) is 17. The number of nitrogens with zero attached hydrogens (tertiary/aromatic N) is 7. The van der Waals surface area contributed by atoms with Crippen LogP contribution in [0.5, 0.6) is 0 Å². The fourth-order valence-corrected chi connectivity index (χ4v) is 10.3. The second-order valence-electron chi connectivity index (χ2n) is 22.8. The Labute approximate surface area is 447 Å². The number of thiazole rings is 1. The van der Waals surface area contributed by atoms with Gasteiger partial charge in [-0.05, 0) is 195 Å². The number of nitrogens with two attached hydrogens (primary N) is 3. The second-order valence-corrected chi connectivity index (χ2v) is 24.6. The molecule has 0 bridgehead atoms. The number of hydrogen-bond donors (Lipinski definition) is 3. The molecular weight excluding hydrogens is 1010 g/mol. The van der Waals surface area contributed by atoms with Crippen LogP contribution >= 0.6 is 27.3 Å². The highest BCUT2D eigenvalue weighted by Crippen LogP contribution is 2.43. The first kappa shape index (κ1) is 56.8. The summed E-state index contributed by atoms with van der Waals surface area (Å²) in [6, 6.07) is 14.1. The van der Waals surface area contributed by atoms with Crippen molar-refractivity contribution in [3.63, 3.8) is 0 Å². The minimum absolute atomic E-state index is 0.328. The van der Waals surface area contributed by atoms with Crippen LogP contribution < -0.4 is 27.6 Å². The molecule has 0 unspecified atom stereocenters. The van der Waals surface area contributed by atoms with Crippen LogP contribution in [0.4, 0.5) is 22.6 Å². The van der Waals surface area contributed by atoms with Gasteiger partial charge in [0.05, 0.1) is 55.9 Å². The van der Waals surface area contributed by atoms with E-state index in [2.05, 4.69) is 51.7 Å². The zero-order valence-corrected chi connectivity index (χ0v) is 48.3. The standard InChI is InChI=1S/C22H28N6S.C12H24B2O4.C12H19BN2O2.C6H7BrN2/c1-15-17(5-6-21(23)25-15)18-13-20-19(14-24-18)26-22(29-20)28-11-7-16(8-12-28)27-9-3-2-4-10-27;1-9(2)10(3,4)16-13(15-9)14-17-11(5,6)12(7,8)18-14;1-8-9(6-7-10(14)15-8)13-16-11(2,3)12(4,5)17-13;1-4-5(7)2-3-6(8)9-4/h5-6,13-14,16H,2-4,7-12H2,1H3,(H2,23,25);1-8H3;6-7H,1-5H3,(H2,14,15);2-3H,1H3,(H2,8,9). The summed E-state index contributed by atoms with van der Waals surface area (Å²) in [4.78, 5) is 27.3. The lowest BCUT2D eigenvalue weighted by molar-refractivity contribution is 0.00578. The molecule has 10 rings (SSSR count). The molecule has 6 N–H and O–H groups in total. The zero-order chi connectivity index (χ0) is 53.5. The molecule has 10 heterocycles. The lowest BCUT2D eigenvalue weighted by Crippen LogP contribution is -2.46. The molecule has 0 spiro atoms. The summed E-state index contributed by atoms with van der Waals surface area (Å²) in [5, 5.41) is 1.13. The summed E-state index contributed by atoms with van der Waals surface area (Å²) in [6.45, 7) is 34.9. The molecule has 0 saturated carbocycles. The molecule has 0 aliphatic carbocycles. The number of aromatic nitrogens is 5. The van der Waals surface area contributed by atoms with E-state index in [0.29, 0.717) is 17.5 Å². The molecule has 5 aliphatic heterocycles. The number of likely N-dealkylation sites (tertiary alicyclic amines) is 1. The largest absolute Gasteiger partial charge is 0.496 e. The average Bonchev–Trinajstić information content (AvgIpc) is 3.97. The van der Waals surface area contributed by atoms with Crippen LogP contribution in [0.3, 0.4) is 0 Å². The highest BCUT2D eigenvalue weighted by Gasteiger charge is 2.63. The molecule has 0 atom stereocenters. The Balaban J connectivity index is 0.000000154. The van der Waals surface area contributed by atoms with Crippen molar-refractivity contribution >= 4 is 86.7 Å². The van der Waals surface area contributed by atoms with Crippen LogP contribution in [-0.4, -0.2) is 117 Å². The van der Waals surface area contributed by atoms with Gasteiger partial charge in [0, 0.05) is 46.0 Å². The molecule has 21 heteroatoms. The number of nitrogen functional groups attached to an aromatic ring is 3. The summed E-state index contributed by atoms with van der Waals surface area (Å²) in [7, 11) is -1.32.